The zero-order valence-electron chi connectivity index (χ0n) is 12.6. The maximum absolute atomic E-state index is 9.40. The molecule has 0 spiro atoms. The third-order valence-electron chi connectivity index (χ3n) is 3.28. The first-order valence-electron chi connectivity index (χ1n) is 7.07. The van der Waals surface area contributed by atoms with Crippen molar-refractivity contribution in [1.82, 2.24) is 9.55 Å². The Morgan fingerprint density at radius 3 is 2.71 bits per heavy atom. The third kappa shape index (κ3) is 4.59. The van der Waals surface area contributed by atoms with Gasteiger partial charge in [-0.3, -0.25) is 0 Å². The molecule has 4 nitrogen and oxygen atoms in total. The number of hydrogen-bond donors (Lipinski definition) is 1. The van der Waals surface area contributed by atoms with Gasteiger partial charge in [-0.25, -0.2) is 4.98 Å². The number of aliphatic hydroxyl groups excluding tert-OH is 1. The van der Waals surface area contributed by atoms with Gasteiger partial charge in [-0.1, -0.05) is 41.6 Å². The lowest BCUT2D eigenvalue weighted by Gasteiger charge is -2.10. The lowest BCUT2D eigenvalue weighted by molar-refractivity contribution is 0.187. The van der Waals surface area contributed by atoms with Crippen molar-refractivity contribution in [3.05, 3.63) is 47.3 Å². The van der Waals surface area contributed by atoms with Crippen molar-refractivity contribution in [1.29, 1.82) is 0 Å². The van der Waals surface area contributed by atoms with Crippen LogP contribution in [0.25, 0.3) is 0 Å². The molecule has 21 heavy (non-hydrogen) atoms. The molecule has 2 rings (SSSR count). The molecule has 0 saturated carbocycles. The van der Waals surface area contributed by atoms with Crippen molar-refractivity contribution in [2.24, 2.45) is 0 Å². The molecule has 1 aromatic heterocycles. The molecule has 0 saturated heterocycles. The molecule has 0 aliphatic carbocycles. The summed E-state index contributed by atoms with van der Waals surface area (Å²) in [7, 11) is 1.70. The van der Waals surface area contributed by atoms with Crippen LogP contribution in [0.5, 0.6) is 0 Å². The van der Waals surface area contributed by atoms with Gasteiger partial charge in [-0.05, 0) is 18.9 Å². The third-order valence-corrected chi connectivity index (χ3v) is 4.34. The highest BCUT2D eigenvalue weighted by Gasteiger charge is 2.10. The molecule has 0 fully saturated rings. The van der Waals surface area contributed by atoms with Crippen molar-refractivity contribution in [2.45, 2.75) is 37.4 Å². The van der Waals surface area contributed by atoms with Gasteiger partial charge in [-0.2, -0.15) is 0 Å². The van der Waals surface area contributed by atoms with E-state index in [1.54, 1.807) is 25.1 Å². The molecule has 1 aromatic carbocycles. The van der Waals surface area contributed by atoms with Crippen molar-refractivity contribution in [2.75, 3.05) is 13.7 Å². The number of ether oxygens (including phenoxy) is 1. The molecular formula is C16H22N2O2S. The summed E-state index contributed by atoms with van der Waals surface area (Å²) in [5.41, 5.74) is 3.41. The lowest BCUT2D eigenvalue weighted by Crippen LogP contribution is -2.07. The number of methoxy groups -OCH3 is 1. The van der Waals surface area contributed by atoms with E-state index in [4.69, 9.17) is 4.74 Å². The largest absolute Gasteiger partial charge is 0.390 e. The van der Waals surface area contributed by atoms with E-state index in [0.717, 1.165) is 29.6 Å². The van der Waals surface area contributed by atoms with E-state index in [2.05, 4.69) is 40.7 Å². The Bertz CT molecular complexity index is 552. The second kappa shape index (κ2) is 8.22. The molecule has 1 heterocycles. The molecule has 0 aliphatic rings. The molecule has 0 aliphatic heterocycles. The van der Waals surface area contributed by atoms with Crippen molar-refractivity contribution in [3.63, 3.8) is 0 Å². The van der Waals surface area contributed by atoms with Gasteiger partial charge in [0.2, 0.25) is 0 Å². The number of imidazole rings is 1. The van der Waals surface area contributed by atoms with E-state index in [1.807, 2.05) is 0 Å². The fourth-order valence-electron chi connectivity index (χ4n) is 2.07. The average molecular weight is 306 g/mol. The van der Waals surface area contributed by atoms with Crippen LogP contribution in [0.2, 0.25) is 0 Å². The number of hydrogen-bond acceptors (Lipinski definition) is 4. The van der Waals surface area contributed by atoms with E-state index >= 15 is 0 Å². The van der Waals surface area contributed by atoms with Crippen molar-refractivity contribution < 1.29 is 9.84 Å². The van der Waals surface area contributed by atoms with E-state index in [-0.39, 0.29) is 6.61 Å². The molecule has 114 valence electrons. The standard InChI is InChI=1S/C16H22N2O2S/c1-13-4-6-14(7-5-13)12-21-16-17-10-15(11-19)18(16)8-3-9-20-2/h4-7,10,19H,3,8-9,11-12H2,1-2H3. The Kier molecular flexibility index (Phi) is 6.29. The number of aryl methyl sites for hydroxylation is 1. The Labute approximate surface area is 130 Å². The maximum atomic E-state index is 9.40. The van der Waals surface area contributed by atoms with Crippen LogP contribution in [0, 0.1) is 6.92 Å². The smallest absolute Gasteiger partial charge is 0.168 e. The molecule has 5 heteroatoms. The topological polar surface area (TPSA) is 47.3 Å². The van der Waals surface area contributed by atoms with Gasteiger partial charge in [0.15, 0.2) is 5.16 Å². The van der Waals surface area contributed by atoms with Crippen LogP contribution in [0.1, 0.15) is 23.2 Å². The summed E-state index contributed by atoms with van der Waals surface area (Å²) < 4.78 is 7.17. The van der Waals surface area contributed by atoms with Crippen LogP contribution in [0.15, 0.2) is 35.6 Å². The molecular weight excluding hydrogens is 284 g/mol. The summed E-state index contributed by atoms with van der Waals surface area (Å²) in [4.78, 5) is 4.42. The molecule has 0 atom stereocenters. The fraction of sp³-hybridized carbons (Fsp3) is 0.438. The van der Waals surface area contributed by atoms with Gasteiger partial charge >= 0.3 is 0 Å². The van der Waals surface area contributed by atoms with Gasteiger partial charge in [0.05, 0.1) is 18.5 Å². The number of thioether (sulfide) groups is 1. The average Bonchev–Trinajstić information content (AvgIpc) is 2.89. The predicted octanol–water partition coefficient (Wildman–Crippen LogP) is 3.01. The van der Waals surface area contributed by atoms with E-state index in [9.17, 15) is 5.11 Å². The Balaban J connectivity index is 2.01. The maximum Gasteiger partial charge on any atom is 0.168 e. The first-order valence-corrected chi connectivity index (χ1v) is 8.05. The summed E-state index contributed by atoms with van der Waals surface area (Å²) in [6, 6.07) is 8.54. The molecule has 2 aromatic rings. The Morgan fingerprint density at radius 2 is 2.05 bits per heavy atom. The Hall–Kier alpha value is -1.30. The monoisotopic (exact) mass is 306 g/mol. The minimum atomic E-state index is 0.0189. The van der Waals surface area contributed by atoms with Gasteiger partial charge in [0, 0.05) is 26.0 Å². The van der Waals surface area contributed by atoms with Gasteiger partial charge in [0.1, 0.15) is 0 Å². The zero-order chi connectivity index (χ0) is 15.1. The van der Waals surface area contributed by atoms with Crippen molar-refractivity contribution >= 4 is 11.8 Å². The molecule has 0 amide bonds. The van der Waals surface area contributed by atoms with Crippen molar-refractivity contribution in [3.8, 4) is 0 Å². The minimum absolute atomic E-state index is 0.0189. The van der Waals surface area contributed by atoms with E-state index < -0.39 is 0 Å². The summed E-state index contributed by atoms with van der Waals surface area (Å²) in [6.45, 7) is 3.64. The first-order chi connectivity index (χ1) is 10.2. The number of rotatable bonds is 8. The van der Waals surface area contributed by atoms with E-state index in [1.165, 1.54) is 11.1 Å². The normalized spacial score (nSPS) is 11.0. The molecule has 0 radical (unpaired) electrons. The van der Waals surface area contributed by atoms with Crippen LogP contribution >= 0.6 is 11.8 Å². The first kappa shape index (κ1) is 16.1. The number of aliphatic hydroxyl groups is 1. The highest BCUT2D eigenvalue weighted by atomic mass is 32.2. The predicted molar refractivity (Wildman–Crippen MR) is 85.4 cm³/mol. The van der Waals surface area contributed by atoms with Gasteiger partial charge < -0.3 is 14.4 Å². The summed E-state index contributed by atoms with van der Waals surface area (Å²) in [6.07, 6.45) is 2.67. The second-order valence-corrected chi connectivity index (χ2v) is 5.90. The van der Waals surface area contributed by atoms with Gasteiger partial charge in [0.25, 0.3) is 0 Å². The summed E-state index contributed by atoms with van der Waals surface area (Å²) in [5, 5.41) is 10.4. The highest BCUT2D eigenvalue weighted by molar-refractivity contribution is 7.98. The lowest BCUT2D eigenvalue weighted by atomic mass is 10.2. The summed E-state index contributed by atoms with van der Waals surface area (Å²) in [5.74, 6) is 0.881. The second-order valence-electron chi connectivity index (χ2n) is 4.96. The van der Waals surface area contributed by atoms with Crippen LogP contribution in [-0.2, 0) is 23.6 Å². The zero-order valence-corrected chi connectivity index (χ0v) is 13.4. The van der Waals surface area contributed by atoms with Crippen LogP contribution in [0.4, 0.5) is 0 Å². The van der Waals surface area contributed by atoms with Crippen LogP contribution in [0.3, 0.4) is 0 Å². The fourth-order valence-corrected chi connectivity index (χ4v) is 3.05. The number of aromatic nitrogens is 2. The molecule has 0 unspecified atom stereocenters. The quantitative estimate of drug-likeness (QED) is 0.601. The summed E-state index contributed by atoms with van der Waals surface area (Å²) >= 11 is 1.70. The SMILES string of the molecule is COCCCn1c(CO)cnc1SCc1ccc(C)cc1. The van der Waals surface area contributed by atoms with Crippen LogP contribution in [-0.4, -0.2) is 28.4 Å². The molecule has 1 N–H and O–H groups in total. The number of benzene rings is 1. The minimum Gasteiger partial charge on any atom is -0.390 e. The molecule has 0 bridgehead atoms. The highest BCUT2D eigenvalue weighted by Crippen LogP contribution is 2.23. The van der Waals surface area contributed by atoms with Gasteiger partial charge in [-0.15, -0.1) is 0 Å². The van der Waals surface area contributed by atoms with E-state index in [0.29, 0.717) is 6.61 Å². The Morgan fingerprint density at radius 1 is 1.29 bits per heavy atom. The van der Waals surface area contributed by atoms with Crippen LogP contribution < -0.4 is 0 Å². The number of nitrogens with zero attached hydrogens (tertiary/aromatic N) is 2.